The number of nitrogens with zero attached hydrogens (tertiary/aromatic N) is 1. The van der Waals surface area contributed by atoms with E-state index in [1.165, 1.54) is 6.92 Å². The van der Waals surface area contributed by atoms with E-state index in [1.54, 1.807) is 0 Å². The molecule has 3 N–H and O–H groups in total. The third-order valence-corrected chi connectivity index (χ3v) is 3.77. The van der Waals surface area contributed by atoms with Crippen molar-refractivity contribution in [3.05, 3.63) is 12.0 Å². The first kappa shape index (κ1) is 15.4. The lowest BCUT2D eigenvalue weighted by atomic mass is 10.0. The number of carboxylic acids is 1. The molecule has 0 spiro atoms. The maximum atomic E-state index is 12.7. The topological polar surface area (TPSA) is 112 Å². The Kier molecular flexibility index (Phi) is 3.65. The summed E-state index contributed by atoms with van der Waals surface area (Å²) in [6.07, 6.45) is -4.52. The van der Waals surface area contributed by atoms with Gasteiger partial charge in [-0.25, -0.2) is 18.2 Å². The van der Waals surface area contributed by atoms with Crippen LogP contribution in [0.5, 0.6) is 0 Å². The molecule has 0 aromatic carbocycles. The Balaban J connectivity index is 3.22. The highest BCUT2D eigenvalue weighted by Crippen LogP contribution is 2.31. The molecule has 1 aromatic heterocycles. The lowest BCUT2D eigenvalue weighted by Gasteiger charge is -2.27. The number of hydrogen-bond donors (Lipinski definition) is 3. The molecule has 11 heteroatoms. The number of hydrogen-bond acceptors (Lipinski definition) is 4. The molecule has 108 valence electrons. The fraction of sp³-hybridized carbons (Fsp3) is 0.500. The Morgan fingerprint density at radius 3 is 2.32 bits per heavy atom. The Morgan fingerprint density at radius 2 is 2.00 bits per heavy atom. The molecule has 1 heterocycles. The second kappa shape index (κ2) is 4.49. The highest BCUT2D eigenvalue weighted by Gasteiger charge is 2.59. The summed E-state index contributed by atoms with van der Waals surface area (Å²) in [6, 6.07) is 0. The number of imidazole rings is 1. The van der Waals surface area contributed by atoms with Gasteiger partial charge in [-0.2, -0.15) is 17.9 Å². The van der Waals surface area contributed by atoms with Gasteiger partial charge in [-0.15, -0.1) is 0 Å². The summed E-state index contributed by atoms with van der Waals surface area (Å²) < 4.78 is 62.5. The smallest absolute Gasteiger partial charge is 0.418 e. The lowest BCUT2D eigenvalue weighted by molar-refractivity contribution is -0.201. The molecule has 1 aromatic rings. The average Bonchev–Trinajstić information content (AvgIpc) is 2.62. The molecule has 0 saturated heterocycles. The van der Waals surface area contributed by atoms with Gasteiger partial charge in [0, 0.05) is 0 Å². The van der Waals surface area contributed by atoms with Crippen molar-refractivity contribution in [3.63, 3.8) is 0 Å². The van der Waals surface area contributed by atoms with Gasteiger partial charge in [0.1, 0.15) is 5.82 Å². The van der Waals surface area contributed by atoms with E-state index in [1.807, 2.05) is 0 Å². The van der Waals surface area contributed by atoms with Crippen LogP contribution < -0.4 is 4.72 Å². The van der Waals surface area contributed by atoms with E-state index in [0.717, 1.165) is 10.9 Å². The summed E-state index contributed by atoms with van der Waals surface area (Å²) in [5.74, 6) is -2.20. The zero-order valence-electron chi connectivity index (χ0n) is 9.74. The van der Waals surface area contributed by atoms with E-state index in [4.69, 9.17) is 5.11 Å². The van der Waals surface area contributed by atoms with Crippen LogP contribution >= 0.6 is 0 Å². The third kappa shape index (κ3) is 2.87. The maximum absolute atomic E-state index is 12.7. The van der Waals surface area contributed by atoms with E-state index in [0.29, 0.717) is 0 Å². The first-order chi connectivity index (χ1) is 8.40. The molecule has 0 aliphatic rings. The first-order valence-corrected chi connectivity index (χ1v) is 6.24. The zero-order valence-corrected chi connectivity index (χ0v) is 10.6. The third-order valence-electron chi connectivity index (χ3n) is 2.30. The number of carboxylic acid groups (broad SMARTS) is 1. The summed E-state index contributed by atoms with van der Waals surface area (Å²) in [5.41, 5.74) is -3.63. The summed E-state index contributed by atoms with van der Waals surface area (Å²) >= 11 is 0. The molecule has 7 nitrogen and oxygen atoms in total. The number of aromatic amines is 1. The lowest BCUT2D eigenvalue weighted by Crippen LogP contribution is -2.61. The summed E-state index contributed by atoms with van der Waals surface area (Å²) in [4.78, 5) is 16.4. The molecule has 1 rings (SSSR count). The Morgan fingerprint density at radius 1 is 1.47 bits per heavy atom. The molecule has 0 saturated carbocycles. The average molecular weight is 301 g/mol. The van der Waals surface area contributed by atoms with E-state index < -0.39 is 32.7 Å². The number of nitrogens with one attached hydrogen (secondary N) is 2. The fourth-order valence-corrected chi connectivity index (χ4v) is 2.41. The Bertz CT molecular complexity index is 595. The Hall–Kier alpha value is -1.62. The van der Waals surface area contributed by atoms with Gasteiger partial charge in [-0.1, -0.05) is 0 Å². The van der Waals surface area contributed by atoms with Crippen LogP contribution in [0.1, 0.15) is 12.7 Å². The number of carbonyl (C=O) groups is 1. The molecule has 0 aliphatic heterocycles. The highest BCUT2D eigenvalue weighted by molar-refractivity contribution is 7.89. The van der Waals surface area contributed by atoms with Gasteiger partial charge in [-0.3, -0.25) is 0 Å². The van der Waals surface area contributed by atoms with Crippen molar-refractivity contribution in [1.29, 1.82) is 0 Å². The van der Waals surface area contributed by atoms with Gasteiger partial charge in [0.05, 0.1) is 6.20 Å². The monoisotopic (exact) mass is 301 g/mol. The van der Waals surface area contributed by atoms with Crippen LogP contribution in [0.4, 0.5) is 13.2 Å². The van der Waals surface area contributed by atoms with Crippen LogP contribution in [-0.4, -0.2) is 41.2 Å². The summed E-state index contributed by atoms with van der Waals surface area (Å²) in [6.45, 7) is 1.61. The molecule has 1 atom stereocenters. The van der Waals surface area contributed by atoms with Crippen LogP contribution in [0.15, 0.2) is 11.2 Å². The number of aliphatic carboxylic acids is 1. The van der Waals surface area contributed by atoms with Crippen LogP contribution in [0.2, 0.25) is 0 Å². The first-order valence-electron chi connectivity index (χ1n) is 4.76. The normalized spacial score (nSPS) is 16.1. The number of aryl methyl sites for hydroxylation is 1. The number of alkyl halides is 3. The predicted molar refractivity (Wildman–Crippen MR) is 55.7 cm³/mol. The van der Waals surface area contributed by atoms with Crippen molar-refractivity contribution in [3.8, 4) is 0 Å². The van der Waals surface area contributed by atoms with Gasteiger partial charge < -0.3 is 10.1 Å². The van der Waals surface area contributed by atoms with Crippen molar-refractivity contribution >= 4 is 16.0 Å². The SMILES string of the molecule is Cc1ncc(S(=O)(=O)NC(C)(C(=O)O)C(F)(F)F)[nH]1. The van der Waals surface area contributed by atoms with Gasteiger partial charge in [0.15, 0.2) is 5.03 Å². The van der Waals surface area contributed by atoms with Crippen LogP contribution in [0.3, 0.4) is 0 Å². The van der Waals surface area contributed by atoms with Crippen LogP contribution in [0, 0.1) is 6.92 Å². The molecule has 1 unspecified atom stereocenters. The van der Waals surface area contributed by atoms with Crippen molar-refractivity contribution in [1.82, 2.24) is 14.7 Å². The van der Waals surface area contributed by atoms with E-state index >= 15 is 0 Å². The highest BCUT2D eigenvalue weighted by atomic mass is 32.2. The molecule has 0 radical (unpaired) electrons. The van der Waals surface area contributed by atoms with Gasteiger partial charge in [-0.05, 0) is 13.8 Å². The van der Waals surface area contributed by atoms with E-state index in [2.05, 4.69) is 9.97 Å². The second-order valence-corrected chi connectivity index (χ2v) is 5.52. The maximum Gasteiger partial charge on any atom is 0.418 e. The van der Waals surface area contributed by atoms with Gasteiger partial charge >= 0.3 is 12.1 Å². The largest absolute Gasteiger partial charge is 0.480 e. The number of H-pyrrole nitrogens is 1. The minimum atomic E-state index is -5.30. The van der Waals surface area contributed by atoms with Crippen molar-refractivity contribution in [2.24, 2.45) is 0 Å². The van der Waals surface area contributed by atoms with Crippen molar-refractivity contribution < 1.29 is 31.5 Å². The quantitative estimate of drug-likeness (QED) is 0.745. The van der Waals surface area contributed by atoms with Crippen molar-refractivity contribution in [2.75, 3.05) is 0 Å². The van der Waals surface area contributed by atoms with E-state index in [-0.39, 0.29) is 12.7 Å². The van der Waals surface area contributed by atoms with Crippen LogP contribution in [0.25, 0.3) is 0 Å². The molecule has 0 aliphatic carbocycles. The number of sulfonamides is 1. The van der Waals surface area contributed by atoms with Crippen LogP contribution in [-0.2, 0) is 14.8 Å². The Labute approximate surface area is 105 Å². The molecular weight excluding hydrogens is 291 g/mol. The summed E-state index contributed by atoms with van der Waals surface area (Å²) in [5, 5.41) is 7.96. The second-order valence-electron chi connectivity index (χ2n) is 3.87. The summed E-state index contributed by atoms with van der Waals surface area (Å²) in [7, 11) is -4.69. The van der Waals surface area contributed by atoms with Crippen molar-refractivity contribution in [2.45, 2.75) is 30.6 Å². The molecular formula is C8H10F3N3O4S. The van der Waals surface area contributed by atoms with Gasteiger partial charge in [0.2, 0.25) is 5.54 Å². The minimum absolute atomic E-state index is 0.157. The molecule has 19 heavy (non-hydrogen) atoms. The minimum Gasteiger partial charge on any atom is -0.480 e. The molecule has 0 bridgehead atoms. The number of halogens is 3. The molecule has 0 amide bonds. The predicted octanol–water partition coefficient (Wildman–Crippen LogP) is 0.402. The number of rotatable bonds is 4. The zero-order chi connectivity index (χ0) is 15.1. The van der Waals surface area contributed by atoms with Gasteiger partial charge in [0.25, 0.3) is 10.0 Å². The molecule has 0 fully saturated rings. The fourth-order valence-electron chi connectivity index (χ4n) is 1.08. The van der Waals surface area contributed by atoms with E-state index in [9.17, 15) is 26.4 Å². The standard InChI is InChI=1S/C8H10F3N3O4S/c1-4-12-3-5(13-4)19(17,18)14-7(2,6(15)16)8(9,10)11/h3,14H,1-2H3,(H,12,13)(H,15,16). The number of aromatic nitrogens is 2.